The Bertz CT molecular complexity index is 1290. The van der Waals surface area contributed by atoms with Crippen LogP contribution in [-0.2, 0) is 14.3 Å². The highest BCUT2D eigenvalue weighted by Crippen LogP contribution is 2.76. The molecule has 1 fully saturated rings. The molecule has 0 radical (unpaired) electrons. The van der Waals surface area contributed by atoms with Gasteiger partial charge in [0.2, 0.25) is 5.91 Å². The number of ether oxygens (including phenoxy) is 1. The monoisotopic (exact) mass is 615 g/mol. The van der Waals surface area contributed by atoms with E-state index in [0.717, 1.165) is 16.9 Å². The second-order valence-electron chi connectivity index (χ2n) is 8.00. The van der Waals surface area contributed by atoms with Crippen LogP contribution < -0.4 is 5.32 Å². The third-order valence-corrected chi connectivity index (χ3v) is 11.5. The Morgan fingerprint density at radius 2 is 1.54 bits per heavy atom. The SMILES string of the molecule is COC(=O)c1c(NC(=O)[C@@H]2[C@H](C(=O)O)[C@@]3(Cl)C(Cl)=C(Cl)[C@@]2(Cl)C3(Cl)Cl)sc(C)c1-c1ccccc1. The minimum atomic E-state index is -2.24. The number of allylic oxidation sites excluding steroid dienone is 2. The number of halogens is 6. The summed E-state index contributed by atoms with van der Waals surface area (Å²) in [4.78, 5) is 35.0. The molecule has 0 unspecified atom stereocenters. The summed E-state index contributed by atoms with van der Waals surface area (Å²) in [7, 11) is 1.21. The van der Waals surface area contributed by atoms with E-state index in [1.807, 2.05) is 6.07 Å². The summed E-state index contributed by atoms with van der Waals surface area (Å²) in [6.45, 7) is 1.77. The van der Waals surface area contributed by atoms with Crippen molar-refractivity contribution in [1.29, 1.82) is 0 Å². The van der Waals surface area contributed by atoms with Crippen LogP contribution in [0.5, 0.6) is 0 Å². The molecule has 186 valence electrons. The van der Waals surface area contributed by atoms with Crippen LogP contribution in [0.4, 0.5) is 5.00 Å². The molecular weight excluding hydrogens is 603 g/mol. The second-order valence-corrected chi connectivity index (χ2v) is 12.5. The van der Waals surface area contributed by atoms with Gasteiger partial charge in [-0.3, -0.25) is 9.59 Å². The van der Waals surface area contributed by atoms with Gasteiger partial charge in [0.15, 0.2) is 4.33 Å². The number of carboxylic acids is 1. The molecule has 2 N–H and O–H groups in total. The molecule has 4 rings (SSSR count). The van der Waals surface area contributed by atoms with Gasteiger partial charge in [0.1, 0.15) is 20.3 Å². The number of esters is 1. The maximum atomic E-state index is 13.6. The van der Waals surface area contributed by atoms with E-state index in [2.05, 4.69) is 5.32 Å². The number of carbonyl (C=O) groups excluding carboxylic acids is 2. The molecular formula is C22H15Cl6NO5S. The smallest absolute Gasteiger partial charge is 0.341 e. The summed E-state index contributed by atoms with van der Waals surface area (Å²) in [6, 6.07) is 9.02. The highest BCUT2D eigenvalue weighted by Gasteiger charge is 2.85. The molecule has 2 aliphatic rings. The zero-order valence-corrected chi connectivity index (χ0v) is 23.1. The van der Waals surface area contributed by atoms with Crippen LogP contribution >= 0.6 is 80.9 Å². The van der Waals surface area contributed by atoms with Gasteiger partial charge in [-0.1, -0.05) is 76.7 Å². The van der Waals surface area contributed by atoms with Crippen LogP contribution in [0.3, 0.4) is 0 Å². The van der Waals surface area contributed by atoms with E-state index in [1.54, 1.807) is 31.2 Å². The van der Waals surface area contributed by atoms with E-state index < -0.39 is 43.8 Å². The van der Waals surface area contributed by atoms with Gasteiger partial charge in [0.25, 0.3) is 0 Å². The first-order chi connectivity index (χ1) is 16.3. The molecule has 13 heteroatoms. The van der Waals surface area contributed by atoms with Crippen LogP contribution in [0.1, 0.15) is 15.2 Å². The number of amides is 1. The number of aliphatic carboxylic acids is 1. The number of aryl methyl sites for hydroxylation is 1. The molecule has 2 aromatic rings. The van der Waals surface area contributed by atoms with E-state index in [1.165, 1.54) is 7.11 Å². The Balaban J connectivity index is 1.84. The number of alkyl halides is 4. The molecule has 1 saturated carbocycles. The fourth-order valence-corrected chi connectivity index (χ4v) is 8.70. The zero-order chi connectivity index (χ0) is 26.1. The normalized spacial score (nSPS) is 28.8. The third-order valence-electron chi connectivity index (χ3n) is 6.26. The van der Waals surface area contributed by atoms with Crippen molar-refractivity contribution < 1.29 is 24.2 Å². The van der Waals surface area contributed by atoms with Crippen molar-refractivity contribution in [3.05, 3.63) is 50.8 Å². The largest absolute Gasteiger partial charge is 0.481 e. The first kappa shape index (κ1) is 26.9. The lowest BCUT2D eigenvalue weighted by atomic mass is 9.81. The number of fused-ring (bicyclic) bond motifs is 2. The molecule has 1 amide bonds. The van der Waals surface area contributed by atoms with Crippen molar-refractivity contribution in [2.75, 3.05) is 12.4 Å². The lowest BCUT2D eigenvalue weighted by Gasteiger charge is -2.33. The molecule has 0 aliphatic heterocycles. The van der Waals surface area contributed by atoms with Gasteiger partial charge in [0.05, 0.1) is 29.0 Å². The molecule has 35 heavy (non-hydrogen) atoms. The number of hydrogen-bond donors (Lipinski definition) is 2. The summed E-state index contributed by atoms with van der Waals surface area (Å²) in [5.74, 6) is -6.49. The van der Waals surface area contributed by atoms with Gasteiger partial charge >= 0.3 is 11.9 Å². The molecule has 2 aliphatic carbocycles. The molecule has 2 bridgehead atoms. The van der Waals surface area contributed by atoms with Crippen LogP contribution in [0.2, 0.25) is 0 Å². The van der Waals surface area contributed by atoms with Crippen molar-refractivity contribution in [2.45, 2.75) is 21.0 Å². The van der Waals surface area contributed by atoms with Crippen molar-refractivity contribution in [3.8, 4) is 11.1 Å². The number of carboxylic acid groups (broad SMARTS) is 1. The number of carbonyl (C=O) groups is 3. The Morgan fingerprint density at radius 3 is 2.06 bits per heavy atom. The van der Waals surface area contributed by atoms with E-state index in [-0.39, 0.29) is 20.6 Å². The summed E-state index contributed by atoms with van der Waals surface area (Å²) in [5, 5.41) is 12.1. The minimum Gasteiger partial charge on any atom is -0.481 e. The molecule has 4 atom stereocenters. The van der Waals surface area contributed by atoms with Crippen molar-refractivity contribution >= 4 is 104 Å². The van der Waals surface area contributed by atoms with Crippen LogP contribution in [0, 0.1) is 18.8 Å². The summed E-state index contributed by atoms with van der Waals surface area (Å²) < 4.78 is 2.71. The topological polar surface area (TPSA) is 92.7 Å². The van der Waals surface area contributed by atoms with Gasteiger partial charge in [-0.05, 0) is 12.5 Å². The number of methoxy groups -OCH3 is 1. The molecule has 0 spiro atoms. The van der Waals surface area contributed by atoms with E-state index in [4.69, 9.17) is 74.3 Å². The number of hydrogen-bond acceptors (Lipinski definition) is 5. The first-order valence-corrected chi connectivity index (χ1v) is 13.0. The third kappa shape index (κ3) is 3.46. The van der Waals surface area contributed by atoms with Gasteiger partial charge in [-0.25, -0.2) is 4.79 Å². The number of rotatable bonds is 5. The van der Waals surface area contributed by atoms with E-state index in [0.29, 0.717) is 10.4 Å². The summed E-state index contributed by atoms with van der Waals surface area (Å²) in [5.41, 5.74) is 1.37. The maximum Gasteiger partial charge on any atom is 0.341 e. The fourth-order valence-electron chi connectivity index (χ4n) is 4.70. The predicted molar refractivity (Wildman–Crippen MR) is 139 cm³/mol. The number of nitrogens with one attached hydrogen (secondary N) is 1. The Morgan fingerprint density at radius 1 is 1.00 bits per heavy atom. The quantitative estimate of drug-likeness (QED) is 0.291. The van der Waals surface area contributed by atoms with Crippen molar-refractivity contribution in [3.63, 3.8) is 0 Å². The Labute approximate surface area is 234 Å². The van der Waals surface area contributed by atoms with Gasteiger partial charge in [-0.15, -0.1) is 34.5 Å². The highest BCUT2D eigenvalue weighted by atomic mass is 35.5. The fraction of sp³-hybridized carbons (Fsp3) is 0.318. The maximum absolute atomic E-state index is 13.6. The standard InChI is InChI=1S/C22H15Cl6NO5S/c1-8-10(9-6-4-3-5-7-9)11(19(33)34-2)17(35-8)29-16(30)12-13(18(31)32)21(26)15(24)14(23)20(12,25)22(21,27)28/h3-7,12-13H,1-2H3,(H,29,30)(H,31,32)/t12-,13+,20+,21+/m0/s1. The molecule has 0 saturated heterocycles. The predicted octanol–water partition coefficient (Wildman–Crippen LogP) is 6.61. The van der Waals surface area contributed by atoms with E-state index in [9.17, 15) is 19.5 Å². The highest BCUT2D eigenvalue weighted by molar-refractivity contribution is 7.17. The minimum absolute atomic E-state index is 0.0940. The molecule has 1 aromatic carbocycles. The van der Waals surface area contributed by atoms with Crippen LogP contribution in [0.25, 0.3) is 11.1 Å². The zero-order valence-electron chi connectivity index (χ0n) is 17.8. The molecule has 1 aromatic heterocycles. The Kier molecular flexibility index (Phi) is 6.89. The lowest BCUT2D eigenvalue weighted by molar-refractivity contribution is -0.146. The van der Waals surface area contributed by atoms with Gasteiger partial charge in [0, 0.05) is 10.4 Å². The average Bonchev–Trinajstić information content (AvgIpc) is 3.24. The summed E-state index contributed by atoms with van der Waals surface area (Å²) in [6.07, 6.45) is 0. The van der Waals surface area contributed by atoms with Crippen molar-refractivity contribution in [2.24, 2.45) is 11.8 Å². The van der Waals surface area contributed by atoms with Gasteiger partial charge < -0.3 is 15.2 Å². The van der Waals surface area contributed by atoms with E-state index >= 15 is 0 Å². The number of benzene rings is 1. The van der Waals surface area contributed by atoms with Crippen LogP contribution in [-0.4, -0.2) is 44.1 Å². The lowest BCUT2D eigenvalue weighted by Crippen LogP contribution is -2.47. The first-order valence-electron chi connectivity index (χ1n) is 9.89. The molecule has 1 heterocycles. The van der Waals surface area contributed by atoms with Crippen LogP contribution in [0.15, 0.2) is 40.4 Å². The second kappa shape index (κ2) is 8.98. The number of thiophene rings is 1. The Hall–Kier alpha value is -1.19. The van der Waals surface area contributed by atoms with Crippen molar-refractivity contribution in [1.82, 2.24) is 0 Å². The average molecular weight is 618 g/mol. The number of anilines is 1. The summed E-state index contributed by atoms with van der Waals surface area (Å²) >= 11 is 39.9. The molecule has 6 nitrogen and oxygen atoms in total. The van der Waals surface area contributed by atoms with Gasteiger partial charge in [-0.2, -0.15) is 0 Å².